The first kappa shape index (κ1) is 14.6. The smallest absolute Gasteiger partial charge is 0.256 e. The van der Waals surface area contributed by atoms with Crippen molar-refractivity contribution in [1.29, 1.82) is 0 Å². The summed E-state index contributed by atoms with van der Waals surface area (Å²) in [6.45, 7) is 0. The SMILES string of the molecule is O=c1[nH]c(CCC2=NC(c3ccccc3)=CC2)cc2ccccc12. The second-order valence-electron chi connectivity index (χ2n) is 6.05. The fourth-order valence-corrected chi connectivity index (χ4v) is 3.11. The van der Waals surface area contributed by atoms with Crippen LogP contribution >= 0.6 is 0 Å². The second kappa shape index (κ2) is 6.28. The summed E-state index contributed by atoms with van der Waals surface area (Å²) in [6, 6.07) is 20.0. The van der Waals surface area contributed by atoms with Crippen LogP contribution in [0.5, 0.6) is 0 Å². The average molecular weight is 314 g/mol. The minimum atomic E-state index is -0.0143. The monoisotopic (exact) mass is 314 g/mol. The Bertz CT molecular complexity index is 997. The predicted molar refractivity (Wildman–Crippen MR) is 99.4 cm³/mol. The maximum atomic E-state index is 12.1. The van der Waals surface area contributed by atoms with Crippen molar-refractivity contribution in [3.05, 3.63) is 88.4 Å². The second-order valence-corrected chi connectivity index (χ2v) is 6.05. The number of hydrogen-bond donors (Lipinski definition) is 1. The Balaban J connectivity index is 1.49. The fraction of sp³-hybridized carbons (Fsp3) is 0.143. The third-order valence-electron chi connectivity index (χ3n) is 4.37. The summed E-state index contributed by atoms with van der Waals surface area (Å²) in [5.41, 5.74) is 4.33. The van der Waals surface area contributed by atoms with Crippen LogP contribution < -0.4 is 5.56 Å². The Labute approximate surface area is 140 Å². The number of nitrogens with zero attached hydrogens (tertiary/aromatic N) is 1. The number of benzene rings is 2. The van der Waals surface area contributed by atoms with E-state index >= 15 is 0 Å². The van der Waals surface area contributed by atoms with Gasteiger partial charge < -0.3 is 4.98 Å². The van der Waals surface area contributed by atoms with E-state index in [0.29, 0.717) is 0 Å². The lowest BCUT2D eigenvalue weighted by atomic mass is 10.1. The molecule has 0 aliphatic carbocycles. The van der Waals surface area contributed by atoms with Gasteiger partial charge in [0, 0.05) is 23.2 Å². The molecule has 4 rings (SSSR count). The molecule has 2 heterocycles. The van der Waals surface area contributed by atoms with Crippen LogP contribution in [0.1, 0.15) is 24.1 Å². The normalized spacial score (nSPS) is 13.8. The van der Waals surface area contributed by atoms with Crippen molar-refractivity contribution in [2.24, 2.45) is 4.99 Å². The largest absolute Gasteiger partial charge is 0.326 e. The van der Waals surface area contributed by atoms with Crippen LogP contribution in [0.4, 0.5) is 0 Å². The highest BCUT2D eigenvalue weighted by atomic mass is 16.1. The Morgan fingerprint density at radius 2 is 1.75 bits per heavy atom. The Hall–Kier alpha value is -2.94. The maximum Gasteiger partial charge on any atom is 0.256 e. The Morgan fingerprint density at radius 1 is 0.958 bits per heavy atom. The fourth-order valence-electron chi connectivity index (χ4n) is 3.11. The zero-order chi connectivity index (χ0) is 16.4. The molecule has 0 fully saturated rings. The van der Waals surface area contributed by atoms with Gasteiger partial charge in [0.2, 0.25) is 0 Å². The summed E-state index contributed by atoms with van der Waals surface area (Å²) >= 11 is 0. The number of aromatic nitrogens is 1. The van der Waals surface area contributed by atoms with Gasteiger partial charge in [-0.25, -0.2) is 0 Å². The molecule has 3 heteroatoms. The van der Waals surface area contributed by atoms with Crippen LogP contribution in [-0.4, -0.2) is 10.7 Å². The van der Waals surface area contributed by atoms with E-state index in [-0.39, 0.29) is 5.56 Å². The number of hydrogen-bond acceptors (Lipinski definition) is 2. The van der Waals surface area contributed by atoms with E-state index < -0.39 is 0 Å². The van der Waals surface area contributed by atoms with E-state index in [4.69, 9.17) is 4.99 Å². The summed E-state index contributed by atoms with van der Waals surface area (Å²) in [7, 11) is 0. The van der Waals surface area contributed by atoms with Crippen LogP contribution in [0, 0.1) is 0 Å². The van der Waals surface area contributed by atoms with E-state index in [2.05, 4.69) is 29.3 Å². The number of pyridine rings is 1. The van der Waals surface area contributed by atoms with Gasteiger partial charge in [-0.2, -0.15) is 0 Å². The van der Waals surface area contributed by atoms with Crippen LogP contribution in [0.2, 0.25) is 0 Å². The van der Waals surface area contributed by atoms with Crippen molar-refractivity contribution in [1.82, 2.24) is 4.98 Å². The number of H-pyrrole nitrogens is 1. The lowest BCUT2D eigenvalue weighted by Crippen LogP contribution is -2.10. The first-order valence-electron chi connectivity index (χ1n) is 8.22. The number of allylic oxidation sites excluding steroid dienone is 1. The van der Waals surface area contributed by atoms with Crippen molar-refractivity contribution in [2.45, 2.75) is 19.3 Å². The molecule has 0 saturated heterocycles. The molecule has 1 N–H and O–H groups in total. The Morgan fingerprint density at radius 3 is 2.62 bits per heavy atom. The summed E-state index contributed by atoms with van der Waals surface area (Å²) in [5.74, 6) is 0. The summed E-state index contributed by atoms with van der Waals surface area (Å²) in [6.07, 6.45) is 4.73. The summed E-state index contributed by atoms with van der Waals surface area (Å²) in [5, 5.41) is 1.74. The van der Waals surface area contributed by atoms with Gasteiger partial charge >= 0.3 is 0 Å². The third kappa shape index (κ3) is 2.93. The number of fused-ring (bicyclic) bond motifs is 1. The highest BCUT2D eigenvalue weighted by Gasteiger charge is 2.11. The number of aromatic amines is 1. The molecule has 118 valence electrons. The summed E-state index contributed by atoms with van der Waals surface area (Å²) in [4.78, 5) is 19.9. The van der Waals surface area contributed by atoms with Gasteiger partial charge in [-0.15, -0.1) is 0 Å². The van der Waals surface area contributed by atoms with Gasteiger partial charge in [0.1, 0.15) is 0 Å². The van der Waals surface area contributed by atoms with Crippen molar-refractivity contribution in [3.8, 4) is 0 Å². The standard InChI is InChI=1S/C21H18N2O/c24-21-19-9-5-4-8-16(19)14-18(23-21)11-10-17-12-13-20(22-17)15-6-2-1-3-7-15/h1-9,13-14H,10-12H2,(H,23,24). The predicted octanol–water partition coefficient (Wildman–Crippen LogP) is 4.35. The molecule has 0 unspecified atom stereocenters. The van der Waals surface area contributed by atoms with Gasteiger partial charge in [-0.1, -0.05) is 54.6 Å². The highest BCUT2D eigenvalue weighted by Crippen LogP contribution is 2.23. The van der Waals surface area contributed by atoms with Crippen LogP contribution in [0.25, 0.3) is 16.5 Å². The van der Waals surface area contributed by atoms with Crippen LogP contribution in [0.3, 0.4) is 0 Å². The molecule has 2 aromatic carbocycles. The minimum absolute atomic E-state index is 0.0143. The summed E-state index contributed by atoms with van der Waals surface area (Å²) < 4.78 is 0. The van der Waals surface area contributed by atoms with Crippen molar-refractivity contribution in [3.63, 3.8) is 0 Å². The molecule has 3 nitrogen and oxygen atoms in total. The molecule has 1 aliphatic rings. The average Bonchev–Trinajstić information content (AvgIpc) is 3.10. The molecular formula is C21H18N2O. The number of rotatable bonds is 4. The van der Waals surface area contributed by atoms with Gasteiger partial charge in [0.25, 0.3) is 5.56 Å². The lowest BCUT2D eigenvalue weighted by molar-refractivity contribution is 0.957. The van der Waals surface area contributed by atoms with Gasteiger partial charge in [0.15, 0.2) is 0 Å². The zero-order valence-electron chi connectivity index (χ0n) is 13.3. The van der Waals surface area contributed by atoms with E-state index in [0.717, 1.165) is 47.0 Å². The van der Waals surface area contributed by atoms with Crippen molar-refractivity contribution >= 4 is 22.2 Å². The Kier molecular flexibility index (Phi) is 3.83. The number of aryl methyl sites for hydroxylation is 1. The van der Waals surface area contributed by atoms with Gasteiger partial charge in [0.05, 0.1) is 5.70 Å². The third-order valence-corrected chi connectivity index (χ3v) is 4.37. The quantitative estimate of drug-likeness (QED) is 0.764. The first-order chi connectivity index (χ1) is 11.8. The minimum Gasteiger partial charge on any atom is -0.326 e. The van der Waals surface area contributed by atoms with Gasteiger partial charge in [-0.05, 0) is 35.9 Å². The molecule has 0 atom stereocenters. The molecule has 24 heavy (non-hydrogen) atoms. The molecule has 1 aromatic heterocycles. The molecular weight excluding hydrogens is 296 g/mol. The van der Waals surface area contributed by atoms with E-state index in [1.807, 2.05) is 42.5 Å². The van der Waals surface area contributed by atoms with Crippen LogP contribution in [0.15, 0.2) is 76.5 Å². The zero-order valence-corrected chi connectivity index (χ0v) is 13.3. The van der Waals surface area contributed by atoms with E-state index in [1.54, 1.807) is 0 Å². The van der Waals surface area contributed by atoms with Gasteiger partial charge in [-0.3, -0.25) is 9.79 Å². The van der Waals surface area contributed by atoms with E-state index in [1.165, 1.54) is 5.71 Å². The lowest BCUT2D eigenvalue weighted by Gasteiger charge is -2.04. The molecule has 1 aliphatic heterocycles. The number of nitrogens with one attached hydrogen (secondary N) is 1. The number of aliphatic imine (C=N–C) groups is 1. The molecule has 0 spiro atoms. The molecule has 0 radical (unpaired) electrons. The first-order valence-corrected chi connectivity index (χ1v) is 8.22. The van der Waals surface area contributed by atoms with Crippen LogP contribution in [-0.2, 0) is 6.42 Å². The molecule has 3 aromatic rings. The highest BCUT2D eigenvalue weighted by molar-refractivity contribution is 5.96. The topological polar surface area (TPSA) is 45.2 Å². The van der Waals surface area contributed by atoms with E-state index in [9.17, 15) is 4.79 Å². The molecule has 0 bridgehead atoms. The molecule has 0 saturated carbocycles. The van der Waals surface area contributed by atoms with Crippen molar-refractivity contribution < 1.29 is 0 Å². The maximum absolute atomic E-state index is 12.1. The molecule has 0 amide bonds. The van der Waals surface area contributed by atoms with Crippen molar-refractivity contribution in [2.75, 3.05) is 0 Å².